The molecule has 1 aliphatic rings. The number of benzene rings is 1. The van der Waals surface area contributed by atoms with Gasteiger partial charge in [-0.25, -0.2) is 33.1 Å². The molecule has 7 nitrogen and oxygen atoms in total. The molecule has 0 spiro atoms. The lowest BCUT2D eigenvalue weighted by Gasteiger charge is -2.28. The number of carbonyl (C=O) groups excluding carboxylic acids is 1. The Kier molecular flexibility index (Phi) is 6.11. The highest BCUT2D eigenvalue weighted by Crippen LogP contribution is 2.36. The van der Waals surface area contributed by atoms with Crippen LogP contribution in [0.4, 0.5) is 32.3 Å². The molecule has 178 valence electrons. The first kappa shape index (κ1) is 23.4. The van der Waals surface area contributed by atoms with Crippen LogP contribution in [-0.4, -0.2) is 55.8 Å². The number of nitrogens with one attached hydrogen (secondary N) is 1. The van der Waals surface area contributed by atoms with Crippen molar-refractivity contribution >= 4 is 11.9 Å². The van der Waals surface area contributed by atoms with Gasteiger partial charge in [-0.05, 0) is 24.3 Å². The number of hydrogen-bond acceptors (Lipinski definition) is 6. The lowest BCUT2D eigenvalue weighted by Crippen LogP contribution is -2.47. The maximum Gasteiger partial charge on any atom is 0.419 e. The van der Waals surface area contributed by atoms with Gasteiger partial charge in [-0.1, -0.05) is 0 Å². The van der Waals surface area contributed by atoms with Crippen molar-refractivity contribution < 1.29 is 31.1 Å². The van der Waals surface area contributed by atoms with E-state index < -0.39 is 48.4 Å². The third-order valence-corrected chi connectivity index (χ3v) is 5.26. The van der Waals surface area contributed by atoms with Gasteiger partial charge in [0.2, 0.25) is 5.95 Å². The fraction of sp³-hybridized carbons (Fsp3) is 0.286. The molecule has 4 rings (SSSR count). The van der Waals surface area contributed by atoms with Crippen molar-refractivity contribution in [3.05, 3.63) is 66.0 Å². The summed E-state index contributed by atoms with van der Waals surface area (Å²) in [5.74, 6) is -5.01. The van der Waals surface area contributed by atoms with Gasteiger partial charge in [-0.3, -0.25) is 4.79 Å². The Balaban J connectivity index is 1.57. The number of nitrogens with zero attached hydrogens (tertiary/aromatic N) is 5. The summed E-state index contributed by atoms with van der Waals surface area (Å²) in [5.41, 5.74) is -1.12. The molecule has 0 bridgehead atoms. The van der Waals surface area contributed by atoms with Crippen LogP contribution in [0.1, 0.15) is 22.3 Å². The zero-order valence-electron chi connectivity index (χ0n) is 17.2. The second-order valence-electron chi connectivity index (χ2n) is 7.46. The first-order valence-corrected chi connectivity index (χ1v) is 9.95. The zero-order valence-corrected chi connectivity index (χ0v) is 17.2. The van der Waals surface area contributed by atoms with Gasteiger partial charge >= 0.3 is 6.18 Å². The number of hydrogen-bond donors (Lipinski definition) is 1. The zero-order chi connectivity index (χ0) is 24.5. The minimum atomic E-state index is -4.64. The van der Waals surface area contributed by atoms with Gasteiger partial charge in [0.25, 0.3) is 11.8 Å². The number of alkyl halides is 5. The first-order chi connectivity index (χ1) is 16.1. The fourth-order valence-corrected chi connectivity index (χ4v) is 3.56. The highest BCUT2D eigenvalue weighted by Gasteiger charge is 2.51. The molecule has 2 aromatic heterocycles. The Morgan fingerprint density at radius 3 is 2.44 bits per heavy atom. The molecular weight excluding hydrogens is 466 g/mol. The monoisotopic (exact) mass is 482 g/mol. The lowest BCUT2D eigenvalue weighted by molar-refractivity contribution is -0.138. The normalized spacial score (nSPS) is 17.6. The molecule has 13 heteroatoms. The maximum atomic E-state index is 14.6. The van der Waals surface area contributed by atoms with E-state index in [4.69, 9.17) is 0 Å². The van der Waals surface area contributed by atoms with Crippen molar-refractivity contribution in [1.82, 2.24) is 24.8 Å². The number of aromatic nitrogens is 4. The molecule has 0 saturated carbocycles. The molecule has 1 N–H and O–H groups in total. The first-order valence-electron chi connectivity index (χ1n) is 9.95. The molecule has 1 aliphatic heterocycles. The minimum Gasteiger partial charge on any atom is -0.352 e. The van der Waals surface area contributed by atoms with Crippen molar-refractivity contribution in [1.29, 1.82) is 0 Å². The number of carbonyl (C=O) groups is 1. The van der Waals surface area contributed by atoms with E-state index in [9.17, 15) is 31.1 Å². The largest absolute Gasteiger partial charge is 0.419 e. The van der Waals surface area contributed by atoms with E-state index in [0.29, 0.717) is 12.4 Å². The van der Waals surface area contributed by atoms with Gasteiger partial charge < -0.3 is 10.2 Å². The van der Waals surface area contributed by atoms with E-state index in [0.717, 1.165) is 17.0 Å². The number of likely N-dealkylation sites (tertiary alicyclic amines) is 1. The van der Waals surface area contributed by atoms with E-state index in [1.165, 1.54) is 24.5 Å². The van der Waals surface area contributed by atoms with Gasteiger partial charge in [0.1, 0.15) is 11.9 Å². The number of anilines is 1. The average molecular weight is 482 g/mol. The predicted molar refractivity (Wildman–Crippen MR) is 107 cm³/mol. The average Bonchev–Trinajstić information content (AvgIpc) is 3.11. The summed E-state index contributed by atoms with van der Waals surface area (Å²) in [6.07, 6.45) is -1.44. The summed E-state index contributed by atoms with van der Waals surface area (Å²) < 4.78 is 81.1. The third kappa shape index (κ3) is 4.77. The second kappa shape index (κ2) is 8.88. The molecule has 3 aromatic rings. The van der Waals surface area contributed by atoms with E-state index in [-0.39, 0.29) is 29.4 Å². The summed E-state index contributed by atoms with van der Waals surface area (Å²) in [5, 5.41) is 2.46. The van der Waals surface area contributed by atoms with Crippen LogP contribution in [0.3, 0.4) is 0 Å². The van der Waals surface area contributed by atoms with E-state index in [2.05, 4.69) is 25.3 Å². The summed E-state index contributed by atoms with van der Waals surface area (Å²) in [6, 6.07) is 3.11. The van der Waals surface area contributed by atoms with Crippen molar-refractivity contribution in [2.75, 3.05) is 18.4 Å². The van der Waals surface area contributed by atoms with E-state index in [1.54, 1.807) is 0 Å². The number of amides is 1. The summed E-state index contributed by atoms with van der Waals surface area (Å²) >= 11 is 0. The minimum absolute atomic E-state index is 0.0404. The van der Waals surface area contributed by atoms with Gasteiger partial charge in [0, 0.05) is 49.9 Å². The van der Waals surface area contributed by atoms with Gasteiger partial charge in [-0.15, -0.1) is 0 Å². The molecule has 34 heavy (non-hydrogen) atoms. The maximum absolute atomic E-state index is 14.6. The molecule has 3 heterocycles. The molecule has 0 radical (unpaired) electrons. The SMILES string of the molecule is O=C(c1ccc(F)cc1-c1ncccn1)N1CCC(F)(F)[C@H]1CNc1ncc(C(F)(F)F)cn1. The van der Waals surface area contributed by atoms with Gasteiger partial charge in [0.05, 0.1) is 11.1 Å². The van der Waals surface area contributed by atoms with Crippen molar-refractivity contribution in [3.63, 3.8) is 0 Å². The number of rotatable bonds is 5. The van der Waals surface area contributed by atoms with E-state index in [1.807, 2.05) is 0 Å². The van der Waals surface area contributed by atoms with Crippen LogP contribution in [0, 0.1) is 5.82 Å². The Morgan fingerprint density at radius 1 is 1.12 bits per heavy atom. The highest BCUT2D eigenvalue weighted by atomic mass is 19.4. The van der Waals surface area contributed by atoms with Crippen LogP contribution in [0.2, 0.25) is 0 Å². The molecule has 0 unspecified atom stereocenters. The van der Waals surface area contributed by atoms with E-state index >= 15 is 0 Å². The molecule has 1 fully saturated rings. The molecular formula is C21H16F6N6O. The Labute approximate surface area is 188 Å². The van der Waals surface area contributed by atoms with Crippen LogP contribution in [0.15, 0.2) is 49.1 Å². The topological polar surface area (TPSA) is 83.9 Å². The van der Waals surface area contributed by atoms with Gasteiger partial charge in [0.15, 0.2) is 5.82 Å². The third-order valence-electron chi connectivity index (χ3n) is 5.26. The Bertz CT molecular complexity index is 1170. The van der Waals surface area contributed by atoms with Crippen LogP contribution in [0.5, 0.6) is 0 Å². The quantitative estimate of drug-likeness (QED) is 0.553. The lowest BCUT2D eigenvalue weighted by atomic mass is 10.0. The highest BCUT2D eigenvalue weighted by molar-refractivity contribution is 6.00. The van der Waals surface area contributed by atoms with Gasteiger partial charge in [-0.2, -0.15) is 13.2 Å². The molecule has 1 atom stereocenters. The fourth-order valence-electron chi connectivity index (χ4n) is 3.56. The van der Waals surface area contributed by atoms with Crippen molar-refractivity contribution in [2.24, 2.45) is 0 Å². The molecule has 0 aliphatic carbocycles. The van der Waals surface area contributed by atoms with Crippen LogP contribution < -0.4 is 5.32 Å². The molecule has 1 aromatic carbocycles. The van der Waals surface area contributed by atoms with Crippen molar-refractivity contribution in [3.8, 4) is 11.4 Å². The summed E-state index contributed by atoms with van der Waals surface area (Å²) in [4.78, 5) is 29.2. The Hall–Kier alpha value is -3.77. The van der Waals surface area contributed by atoms with Crippen LogP contribution in [0.25, 0.3) is 11.4 Å². The van der Waals surface area contributed by atoms with Crippen LogP contribution in [-0.2, 0) is 6.18 Å². The van der Waals surface area contributed by atoms with Crippen molar-refractivity contribution in [2.45, 2.75) is 24.6 Å². The summed E-state index contributed by atoms with van der Waals surface area (Å²) in [6.45, 7) is -0.818. The Morgan fingerprint density at radius 2 is 1.79 bits per heavy atom. The standard InChI is InChI=1S/C21H16F6N6O/c22-13-2-3-14(15(8-13)17-28-5-1-6-29-17)18(34)33-7-4-20(23,24)16(33)11-32-19-30-9-12(10-31-19)21(25,26)27/h1-3,5-6,8-10,16H,4,7,11H2,(H,30,31,32)/t16-/m1/s1. The molecule has 1 amide bonds. The van der Waals surface area contributed by atoms with Crippen LogP contribution >= 0.6 is 0 Å². The second-order valence-corrected chi connectivity index (χ2v) is 7.46. The predicted octanol–water partition coefficient (Wildman–Crippen LogP) is 4.05. The smallest absolute Gasteiger partial charge is 0.352 e. The molecule has 1 saturated heterocycles. The number of halogens is 6. The summed E-state index contributed by atoms with van der Waals surface area (Å²) in [7, 11) is 0.